The molecule has 3 aromatic rings. The van der Waals surface area contributed by atoms with Crippen molar-refractivity contribution in [1.29, 1.82) is 0 Å². The van der Waals surface area contributed by atoms with Gasteiger partial charge >= 0.3 is 0 Å². The summed E-state index contributed by atoms with van der Waals surface area (Å²) in [5.74, 6) is 0.649. The van der Waals surface area contributed by atoms with E-state index in [0.717, 1.165) is 0 Å². The van der Waals surface area contributed by atoms with Crippen molar-refractivity contribution in [1.82, 2.24) is 34.3 Å². The Kier molecular flexibility index (Phi) is 2.92. The van der Waals surface area contributed by atoms with Gasteiger partial charge in [-0.3, -0.25) is 4.57 Å². The van der Waals surface area contributed by atoms with Crippen LogP contribution in [0.3, 0.4) is 0 Å². The summed E-state index contributed by atoms with van der Waals surface area (Å²) in [6.07, 6.45) is 6.50. The number of hydrogen-bond acceptors (Lipinski definition) is 5. The molecule has 3 heterocycles. The summed E-state index contributed by atoms with van der Waals surface area (Å²) >= 11 is 11.8. The fraction of sp³-hybridized carbons (Fsp3) is 0.100. The molecule has 7 nitrogen and oxygen atoms in total. The van der Waals surface area contributed by atoms with Crippen molar-refractivity contribution >= 4 is 23.2 Å². The van der Waals surface area contributed by atoms with E-state index in [9.17, 15) is 0 Å². The summed E-state index contributed by atoms with van der Waals surface area (Å²) in [5.41, 5.74) is 0.683. The summed E-state index contributed by atoms with van der Waals surface area (Å²) in [7, 11) is 0. The number of nitrogens with zero attached hydrogens (tertiary/aromatic N) is 7. The first-order chi connectivity index (χ1) is 9.13. The zero-order valence-electron chi connectivity index (χ0n) is 9.70. The Morgan fingerprint density at radius 2 is 1.89 bits per heavy atom. The Hall–Kier alpha value is -1.99. The average Bonchev–Trinajstić information content (AvgIpc) is 3.00. The molecule has 0 radical (unpaired) electrons. The van der Waals surface area contributed by atoms with Crippen molar-refractivity contribution < 1.29 is 0 Å². The number of halogens is 2. The summed E-state index contributed by atoms with van der Waals surface area (Å²) in [5, 5.41) is 4.79. The molecule has 0 bridgehead atoms. The van der Waals surface area contributed by atoms with E-state index < -0.39 is 0 Å². The molecule has 0 N–H and O–H groups in total. The number of rotatable bonds is 2. The lowest BCUT2D eigenvalue weighted by Gasteiger charge is -2.03. The van der Waals surface area contributed by atoms with Gasteiger partial charge in [0.05, 0.1) is 16.9 Å². The molecular formula is C10H7Cl2N7. The summed E-state index contributed by atoms with van der Waals surface area (Å²) in [4.78, 5) is 16.2. The second-order valence-corrected chi connectivity index (χ2v) is 4.43. The van der Waals surface area contributed by atoms with Crippen molar-refractivity contribution in [3.8, 4) is 11.9 Å². The van der Waals surface area contributed by atoms with Crippen molar-refractivity contribution in [2.24, 2.45) is 0 Å². The molecule has 0 unspecified atom stereocenters. The molecule has 0 aliphatic rings. The van der Waals surface area contributed by atoms with Gasteiger partial charge in [-0.25, -0.2) is 9.67 Å². The van der Waals surface area contributed by atoms with E-state index in [1.165, 1.54) is 4.68 Å². The van der Waals surface area contributed by atoms with Crippen molar-refractivity contribution in [3.05, 3.63) is 40.9 Å². The largest absolute Gasteiger partial charge is 0.274 e. The van der Waals surface area contributed by atoms with Gasteiger partial charge in [-0.15, -0.1) is 0 Å². The van der Waals surface area contributed by atoms with Crippen molar-refractivity contribution in [2.45, 2.75) is 6.92 Å². The third-order valence-corrected chi connectivity index (χ3v) is 2.90. The van der Waals surface area contributed by atoms with Gasteiger partial charge in [-0.1, -0.05) is 11.6 Å². The maximum Gasteiger partial charge on any atom is 0.256 e. The quantitative estimate of drug-likeness (QED) is 0.721. The predicted molar refractivity (Wildman–Crippen MR) is 68.8 cm³/mol. The average molecular weight is 296 g/mol. The fourth-order valence-electron chi connectivity index (χ4n) is 1.47. The minimum Gasteiger partial charge on any atom is -0.274 e. The van der Waals surface area contributed by atoms with Gasteiger partial charge in [0.15, 0.2) is 0 Å². The number of imidazole rings is 1. The maximum absolute atomic E-state index is 5.96. The first kappa shape index (κ1) is 12.1. The number of aryl methyl sites for hydroxylation is 1. The van der Waals surface area contributed by atoms with Crippen LogP contribution in [0, 0.1) is 6.92 Å². The maximum atomic E-state index is 5.96. The highest BCUT2D eigenvalue weighted by atomic mass is 35.5. The van der Waals surface area contributed by atoms with Gasteiger partial charge in [0, 0.05) is 12.4 Å². The SMILES string of the molecule is Cc1nn(-c2nc(Cl)nc(-n3ccnc3)n2)cc1Cl. The van der Waals surface area contributed by atoms with E-state index >= 15 is 0 Å². The normalized spacial score (nSPS) is 10.9. The van der Waals surface area contributed by atoms with Crippen LogP contribution in [0.25, 0.3) is 11.9 Å². The van der Waals surface area contributed by atoms with Crippen LogP contribution >= 0.6 is 23.2 Å². The third-order valence-electron chi connectivity index (χ3n) is 2.36. The molecule has 9 heteroatoms. The van der Waals surface area contributed by atoms with Gasteiger partial charge in [-0.05, 0) is 18.5 Å². The highest BCUT2D eigenvalue weighted by Crippen LogP contribution is 2.15. The van der Waals surface area contributed by atoms with Crippen LogP contribution < -0.4 is 0 Å². The van der Waals surface area contributed by atoms with E-state index in [1.54, 1.807) is 36.4 Å². The van der Waals surface area contributed by atoms with E-state index in [2.05, 4.69) is 25.0 Å². The molecule has 3 rings (SSSR count). The highest BCUT2D eigenvalue weighted by molar-refractivity contribution is 6.31. The molecule has 0 amide bonds. The lowest BCUT2D eigenvalue weighted by Crippen LogP contribution is -2.08. The summed E-state index contributed by atoms with van der Waals surface area (Å²) < 4.78 is 3.07. The van der Waals surface area contributed by atoms with Crippen LogP contribution in [0.5, 0.6) is 0 Å². The van der Waals surface area contributed by atoms with E-state index in [1.807, 2.05) is 0 Å². The Labute approximate surface area is 117 Å². The van der Waals surface area contributed by atoms with Gasteiger partial charge in [0.25, 0.3) is 5.95 Å². The topological polar surface area (TPSA) is 74.3 Å². The van der Waals surface area contributed by atoms with Crippen molar-refractivity contribution in [2.75, 3.05) is 0 Å². The molecule has 3 aromatic heterocycles. The lowest BCUT2D eigenvalue weighted by molar-refractivity contribution is 0.766. The molecule has 0 aliphatic carbocycles. The molecule has 0 spiro atoms. The zero-order chi connectivity index (χ0) is 13.4. The molecular weight excluding hydrogens is 289 g/mol. The van der Waals surface area contributed by atoms with Crippen LogP contribution in [-0.2, 0) is 0 Å². The van der Waals surface area contributed by atoms with Gasteiger partial charge in [0.1, 0.15) is 6.33 Å². The molecule has 0 fully saturated rings. The summed E-state index contributed by atoms with van der Waals surface area (Å²) in [6.45, 7) is 1.79. The first-order valence-electron chi connectivity index (χ1n) is 5.25. The molecule has 0 aromatic carbocycles. The Bertz CT molecular complexity index is 700. The van der Waals surface area contributed by atoms with Gasteiger partial charge in [-0.2, -0.15) is 20.1 Å². The molecule has 0 aliphatic heterocycles. The van der Waals surface area contributed by atoms with Crippen LogP contribution in [-0.4, -0.2) is 34.3 Å². The fourth-order valence-corrected chi connectivity index (χ4v) is 1.75. The van der Waals surface area contributed by atoms with E-state index in [4.69, 9.17) is 23.2 Å². The first-order valence-corrected chi connectivity index (χ1v) is 6.01. The molecule has 96 valence electrons. The van der Waals surface area contributed by atoms with Crippen LogP contribution in [0.4, 0.5) is 0 Å². The predicted octanol–water partition coefficient (Wildman–Crippen LogP) is 1.86. The minimum atomic E-state index is 0.0676. The van der Waals surface area contributed by atoms with E-state index in [-0.39, 0.29) is 5.28 Å². The van der Waals surface area contributed by atoms with Crippen LogP contribution in [0.1, 0.15) is 5.69 Å². The molecule has 19 heavy (non-hydrogen) atoms. The standard InChI is InChI=1S/C10H7Cl2N7/c1-6-7(11)4-19(17-6)10-15-8(12)14-9(16-10)18-3-2-13-5-18/h2-5H,1H3. The van der Waals surface area contributed by atoms with Crippen LogP contribution in [0.2, 0.25) is 10.3 Å². The van der Waals surface area contributed by atoms with Crippen LogP contribution in [0.15, 0.2) is 24.9 Å². The second-order valence-electron chi connectivity index (χ2n) is 3.68. The van der Waals surface area contributed by atoms with Gasteiger partial charge < -0.3 is 0 Å². The second kappa shape index (κ2) is 4.60. The highest BCUT2D eigenvalue weighted by Gasteiger charge is 2.11. The molecule has 0 atom stereocenters. The monoisotopic (exact) mass is 295 g/mol. The molecule has 0 saturated carbocycles. The Balaban J connectivity index is 2.12. The van der Waals surface area contributed by atoms with Gasteiger partial charge in [0.2, 0.25) is 11.2 Å². The number of aromatic nitrogens is 7. The van der Waals surface area contributed by atoms with E-state index in [0.29, 0.717) is 22.6 Å². The summed E-state index contributed by atoms with van der Waals surface area (Å²) in [6, 6.07) is 0. The van der Waals surface area contributed by atoms with Crippen molar-refractivity contribution in [3.63, 3.8) is 0 Å². The minimum absolute atomic E-state index is 0.0676. The lowest BCUT2D eigenvalue weighted by atomic mass is 10.5. The smallest absolute Gasteiger partial charge is 0.256 e. The Morgan fingerprint density at radius 1 is 1.11 bits per heavy atom. The number of hydrogen-bond donors (Lipinski definition) is 0. The third kappa shape index (κ3) is 2.29. The zero-order valence-corrected chi connectivity index (χ0v) is 11.2. The molecule has 0 saturated heterocycles. The Morgan fingerprint density at radius 3 is 2.53 bits per heavy atom.